The summed E-state index contributed by atoms with van der Waals surface area (Å²) in [6.07, 6.45) is 1.55. The molecule has 0 atom stereocenters. The van der Waals surface area contributed by atoms with Gasteiger partial charge in [0.2, 0.25) is 0 Å². The predicted molar refractivity (Wildman–Crippen MR) is 34.7 cm³/mol. The molecule has 4 heteroatoms. The van der Waals surface area contributed by atoms with Gasteiger partial charge in [0.15, 0.2) is 0 Å². The van der Waals surface area contributed by atoms with Gasteiger partial charge in [-0.1, -0.05) is 6.08 Å². The average molecular weight is 139 g/mol. The molecule has 1 aliphatic heterocycles. The normalized spacial score (nSPS) is 17.4. The lowest BCUT2D eigenvalue weighted by Gasteiger charge is -2.06. The van der Waals surface area contributed by atoms with E-state index in [-0.39, 0.29) is 11.9 Å². The Labute approximate surface area is 58.5 Å². The lowest BCUT2D eigenvalue weighted by atomic mass is 10.5. The van der Waals surface area contributed by atoms with Gasteiger partial charge in [-0.25, -0.2) is 4.79 Å². The maximum absolute atomic E-state index is 10.7. The minimum atomic E-state index is -0.384. The largest absolute Gasteiger partial charge is 0.325 e. The summed E-state index contributed by atoms with van der Waals surface area (Å²) in [5, 5.41) is 2.10. The SMILES string of the molecule is C=CCN1[CH]C(=O)NC1=O. The molecular formula is C6H7N2O2. The van der Waals surface area contributed by atoms with Crippen molar-refractivity contribution in [1.82, 2.24) is 10.2 Å². The van der Waals surface area contributed by atoms with E-state index in [9.17, 15) is 9.59 Å². The third-order valence-electron chi connectivity index (χ3n) is 1.09. The van der Waals surface area contributed by atoms with E-state index in [4.69, 9.17) is 0 Å². The molecule has 1 N–H and O–H groups in total. The third-order valence-corrected chi connectivity index (χ3v) is 1.09. The number of rotatable bonds is 2. The number of carbonyl (C=O) groups is 2. The molecule has 1 heterocycles. The van der Waals surface area contributed by atoms with Crippen molar-refractivity contribution < 1.29 is 9.59 Å². The number of urea groups is 1. The van der Waals surface area contributed by atoms with Crippen LogP contribution in [0.25, 0.3) is 0 Å². The highest BCUT2D eigenvalue weighted by atomic mass is 16.2. The average Bonchev–Trinajstić information content (AvgIpc) is 2.13. The summed E-state index contributed by atoms with van der Waals surface area (Å²) in [5.74, 6) is -0.369. The number of imide groups is 1. The van der Waals surface area contributed by atoms with Crippen molar-refractivity contribution in [3.8, 4) is 0 Å². The van der Waals surface area contributed by atoms with Gasteiger partial charge in [0.1, 0.15) is 6.54 Å². The predicted octanol–water partition coefficient (Wildman–Crippen LogP) is -0.114. The van der Waals surface area contributed by atoms with E-state index in [2.05, 4.69) is 11.9 Å². The monoisotopic (exact) mass is 139 g/mol. The number of hydrogen-bond donors (Lipinski definition) is 1. The van der Waals surface area contributed by atoms with Crippen molar-refractivity contribution in [3.05, 3.63) is 19.2 Å². The Kier molecular flexibility index (Phi) is 1.71. The molecule has 0 unspecified atom stereocenters. The Hall–Kier alpha value is -1.32. The smallest absolute Gasteiger partial charge is 0.306 e. The molecule has 1 radical (unpaired) electrons. The van der Waals surface area contributed by atoms with Gasteiger partial charge in [0, 0.05) is 6.54 Å². The fourth-order valence-corrected chi connectivity index (χ4v) is 0.684. The van der Waals surface area contributed by atoms with Crippen LogP contribution in [0.2, 0.25) is 0 Å². The molecule has 10 heavy (non-hydrogen) atoms. The van der Waals surface area contributed by atoms with Crippen molar-refractivity contribution in [1.29, 1.82) is 0 Å². The quantitative estimate of drug-likeness (QED) is 0.428. The molecule has 1 rings (SSSR count). The molecule has 0 aromatic heterocycles. The van der Waals surface area contributed by atoms with Crippen LogP contribution in [0, 0.1) is 6.54 Å². The fraction of sp³-hybridized carbons (Fsp3) is 0.167. The summed E-state index contributed by atoms with van der Waals surface area (Å²) >= 11 is 0. The molecule has 0 saturated carbocycles. The highest BCUT2D eigenvalue weighted by Gasteiger charge is 2.25. The summed E-state index contributed by atoms with van der Waals surface area (Å²) < 4.78 is 0. The Morgan fingerprint density at radius 2 is 2.40 bits per heavy atom. The standard InChI is InChI=1S/C6H7N2O2/c1-2-3-8-4-5(9)7-6(8)10/h2,4H,1,3H2,(H,7,9,10). The first-order valence-corrected chi connectivity index (χ1v) is 2.81. The van der Waals surface area contributed by atoms with Gasteiger partial charge in [0.05, 0.1) is 0 Å². The highest BCUT2D eigenvalue weighted by Crippen LogP contribution is 2.01. The minimum Gasteiger partial charge on any atom is -0.306 e. The van der Waals surface area contributed by atoms with E-state index >= 15 is 0 Å². The van der Waals surface area contributed by atoms with Crippen LogP contribution < -0.4 is 5.32 Å². The Balaban J connectivity index is 2.54. The third kappa shape index (κ3) is 1.15. The number of nitrogens with zero attached hydrogens (tertiary/aromatic N) is 1. The van der Waals surface area contributed by atoms with Crippen molar-refractivity contribution in [2.45, 2.75) is 0 Å². The number of amides is 3. The van der Waals surface area contributed by atoms with Crippen LogP contribution >= 0.6 is 0 Å². The molecule has 0 aromatic carbocycles. The van der Waals surface area contributed by atoms with E-state index in [0.717, 1.165) is 0 Å². The van der Waals surface area contributed by atoms with Gasteiger partial charge in [-0.05, 0) is 0 Å². The second kappa shape index (κ2) is 2.51. The molecule has 4 nitrogen and oxygen atoms in total. The fourth-order valence-electron chi connectivity index (χ4n) is 0.684. The van der Waals surface area contributed by atoms with E-state index in [1.54, 1.807) is 6.08 Å². The molecule has 0 bridgehead atoms. The topological polar surface area (TPSA) is 49.4 Å². The van der Waals surface area contributed by atoms with Gasteiger partial charge in [-0.3, -0.25) is 10.1 Å². The molecular weight excluding hydrogens is 132 g/mol. The maximum atomic E-state index is 10.7. The summed E-state index contributed by atoms with van der Waals surface area (Å²) in [5.41, 5.74) is 0. The highest BCUT2D eigenvalue weighted by molar-refractivity contribution is 6.05. The van der Waals surface area contributed by atoms with Crippen molar-refractivity contribution in [3.63, 3.8) is 0 Å². The summed E-state index contributed by atoms with van der Waals surface area (Å²) in [6.45, 7) is 5.02. The summed E-state index contributed by atoms with van der Waals surface area (Å²) in [4.78, 5) is 22.4. The molecule has 1 aliphatic rings. The van der Waals surface area contributed by atoms with E-state index < -0.39 is 0 Å². The molecule has 1 fully saturated rings. The summed E-state index contributed by atoms with van der Waals surface area (Å²) in [7, 11) is 0. The van der Waals surface area contributed by atoms with Crippen LogP contribution in [0.15, 0.2) is 12.7 Å². The maximum Gasteiger partial charge on any atom is 0.325 e. The molecule has 3 amide bonds. The van der Waals surface area contributed by atoms with E-state index in [1.165, 1.54) is 11.4 Å². The second-order valence-corrected chi connectivity index (χ2v) is 1.86. The minimum absolute atomic E-state index is 0.369. The van der Waals surface area contributed by atoms with Crippen molar-refractivity contribution in [2.24, 2.45) is 0 Å². The van der Waals surface area contributed by atoms with Gasteiger partial charge in [-0.15, -0.1) is 6.58 Å². The zero-order valence-electron chi connectivity index (χ0n) is 5.33. The zero-order chi connectivity index (χ0) is 7.56. The first-order valence-electron chi connectivity index (χ1n) is 2.81. The molecule has 53 valence electrons. The van der Waals surface area contributed by atoms with Crippen LogP contribution in [0.4, 0.5) is 4.79 Å². The second-order valence-electron chi connectivity index (χ2n) is 1.86. The van der Waals surface area contributed by atoms with Crippen molar-refractivity contribution >= 4 is 11.9 Å². The van der Waals surface area contributed by atoms with Crippen molar-refractivity contribution in [2.75, 3.05) is 6.54 Å². The first-order chi connectivity index (χ1) is 4.74. The molecule has 1 saturated heterocycles. The van der Waals surface area contributed by atoms with Crippen LogP contribution in [0.1, 0.15) is 0 Å². The summed E-state index contributed by atoms with van der Waals surface area (Å²) in [6, 6.07) is -0.384. The Morgan fingerprint density at radius 3 is 2.80 bits per heavy atom. The van der Waals surface area contributed by atoms with Crippen LogP contribution in [-0.2, 0) is 4.79 Å². The van der Waals surface area contributed by atoms with Gasteiger partial charge in [-0.2, -0.15) is 0 Å². The van der Waals surface area contributed by atoms with Crippen LogP contribution in [0.5, 0.6) is 0 Å². The van der Waals surface area contributed by atoms with Gasteiger partial charge >= 0.3 is 6.03 Å². The molecule has 0 spiro atoms. The Bertz CT molecular complexity index is 188. The number of carbonyl (C=O) groups excluding carboxylic acids is 2. The lowest BCUT2D eigenvalue weighted by Crippen LogP contribution is -2.27. The number of hydrogen-bond acceptors (Lipinski definition) is 2. The zero-order valence-corrected chi connectivity index (χ0v) is 5.33. The lowest BCUT2D eigenvalue weighted by molar-refractivity contribution is -0.116. The molecule has 0 aliphatic carbocycles. The first kappa shape index (κ1) is 6.80. The van der Waals surface area contributed by atoms with Gasteiger partial charge in [0.25, 0.3) is 5.91 Å². The molecule has 0 aromatic rings. The van der Waals surface area contributed by atoms with E-state index in [1.807, 2.05) is 0 Å². The van der Waals surface area contributed by atoms with Crippen LogP contribution in [0.3, 0.4) is 0 Å². The van der Waals surface area contributed by atoms with Crippen LogP contribution in [-0.4, -0.2) is 23.4 Å². The van der Waals surface area contributed by atoms with E-state index in [0.29, 0.717) is 6.54 Å². The Morgan fingerprint density at radius 1 is 1.70 bits per heavy atom. The van der Waals surface area contributed by atoms with Gasteiger partial charge < -0.3 is 4.90 Å². The number of nitrogens with one attached hydrogen (secondary N) is 1.